The number of nitrogens with one attached hydrogen (secondary N) is 1. The van der Waals surface area contributed by atoms with Crippen molar-refractivity contribution in [2.75, 3.05) is 19.6 Å². The van der Waals surface area contributed by atoms with E-state index in [1.807, 2.05) is 24.5 Å². The molecule has 1 fully saturated rings. The van der Waals surface area contributed by atoms with Crippen molar-refractivity contribution >= 4 is 10.9 Å². The maximum Gasteiger partial charge on any atom is 0.261 e. The van der Waals surface area contributed by atoms with Crippen LogP contribution in [0.25, 0.3) is 10.9 Å². The summed E-state index contributed by atoms with van der Waals surface area (Å²) in [6.45, 7) is 11.9. The fraction of sp³-hybridized carbons (Fsp3) is 0.632. The van der Waals surface area contributed by atoms with Crippen molar-refractivity contribution in [1.82, 2.24) is 24.8 Å². The van der Waals surface area contributed by atoms with Gasteiger partial charge in [-0.3, -0.25) is 19.2 Å². The zero-order valence-corrected chi connectivity index (χ0v) is 15.7. The Morgan fingerprint density at radius 2 is 2.20 bits per heavy atom. The van der Waals surface area contributed by atoms with Crippen molar-refractivity contribution in [3.63, 3.8) is 0 Å². The molecule has 6 nitrogen and oxygen atoms in total. The second-order valence-corrected chi connectivity index (χ2v) is 7.02. The van der Waals surface area contributed by atoms with E-state index < -0.39 is 0 Å². The Hall–Kier alpha value is -1.79. The summed E-state index contributed by atoms with van der Waals surface area (Å²) in [6, 6.07) is 2.48. The highest BCUT2D eigenvalue weighted by Gasteiger charge is 2.28. The molecule has 1 N–H and O–H groups in total. The second-order valence-electron chi connectivity index (χ2n) is 7.02. The quantitative estimate of drug-likeness (QED) is 0.902. The molecule has 2 aromatic heterocycles. The summed E-state index contributed by atoms with van der Waals surface area (Å²) in [7, 11) is 0. The lowest BCUT2D eigenvalue weighted by Crippen LogP contribution is -2.51. The van der Waals surface area contributed by atoms with E-state index in [2.05, 4.69) is 29.0 Å². The number of pyridine rings is 1. The number of nitrogens with zero attached hydrogens (tertiary/aromatic N) is 4. The Kier molecular flexibility index (Phi) is 5.49. The van der Waals surface area contributed by atoms with Crippen LogP contribution < -0.4 is 10.9 Å². The van der Waals surface area contributed by atoms with Crippen molar-refractivity contribution in [3.05, 3.63) is 34.1 Å². The summed E-state index contributed by atoms with van der Waals surface area (Å²) in [6.07, 6.45) is 3.80. The van der Waals surface area contributed by atoms with Crippen molar-refractivity contribution < 1.29 is 0 Å². The van der Waals surface area contributed by atoms with E-state index in [0.29, 0.717) is 23.5 Å². The minimum Gasteiger partial charge on any atom is -0.312 e. The summed E-state index contributed by atoms with van der Waals surface area (Å²) < 4.78 is 1.86. The summed E-state index contributed by atoms with van der Waals surface area (Å²) in [5.41, 5.74) is 1.61. The molecule has 136 valence electrons. The molecule has 3 rings (SSSR count). The first-order chi connectivity index (χ1) is 12.0. The van der Waals surface area contributed by atoms with Crippen LogP contribution in [0.4, 0.5) is 0 Å². The third-order valence-corrected chi connectivity index (χ3v) is 5.02. The fourth-order valence-corrected chi connectivity index (χ4v) is 3.80. The number of aryl methyl sites for hydroxylation is 1. The molecule has 0 radical (unpaired) electrons. The van der Waals surface area contributed by atoms with Gasteiger partial charge in [0.2, 0.25) is 0 Å². The van der Waals surface area contributed by atoms with E-state index in [4.69, 9.17) is 4.98 Å². The molecule has 0 unspecified atom stereocenters. The van der Waals surface area contributed by atoms with E-state index in [1.54, 1.807) is 6.20 Å². The van der Waals surface area contributed by atoms with Crippen molar-refractivity contribution in [3.8, 4) is 0 Å². The predicted molar refractivity (Wildman–Crippen MR) is 101 cm³/mol. The van der Waals surface area contributed by atoms with Gasteiger partial charge in [0.1, 0.15) is 5.82 Å². The monoisotopic (exact) mass is 343 g/mol. The molecular weight excluding hydrogens is 314 g/mol. The molecule has 3 heterocycles. The molecular formula is C19H29N5O. The molecule has 6 heteroatoms. The first-order valence-electron chi connectivity index (χ1n) is 9.39. The lowest BCUT2D eigenvalue weighted by atomic mass is 10.1. The second kappa shape index (κ2) is 7.62. The Labute approximate surface area is 149 Å². The molecule has 0 saturated carbocycles. The molecule has 0 aromatic carbocycles. The van der Waals surface area contributed by atoms with Crippen LogP contribution in [0.1, 0.15) is 51.2 Å². The van der Waals surface area contributed by atoms with Crippen LogP contribution in [0.5, 0.6) is 0 Å². The zero-order valence-electron chi connectivity index (χ0n) is 15.7. The minimum atomic E-state index is 0.0530. The number of rotatable bonds is 5. The average molecular weight is 343 g/mol. The van der Waals surface area contributed by atoms with Crippen LogP contribution in [-0.4, -0.2) is 45.1 Å². The lowest BCUT2D eigenvalue weighted by Gasteiger charge is -2.38. The topological polar surface area (TPSA) is 63.1 Å². The van der Waals surface area contributed by atoms with Gasteiger partial charge in [-0.15, -0.1) is 0 Å². The standard InChI is InChI=1S/C19H29N5O/c1-5-7-17(23-9-8-20-14(4)12-23)18-22-16-11-21-13(3)10-15(16)19(25)24(18)6-2/h10-11,14,17,20H,5-9,12H2,1-4H3/t14-,17-/m1/s1. The van der Waals surface area contributed by atoms with E-state index in [-0.39, 0.29) is 11.6 Å². The Morgan fingerprint density at radius 1 is 1.40 bits per heavy atom. The highest BCUT2D eigenvalue weighted by molar-refractivity contribution is 5.77. The molecule has 1 aliphatic heterocycles. The van der Waals surface area contributed by atoms with Crippen LogP contribution in [0, 0.1) is 6.92 Å². The number of fused-ring (bicyclic) bond motifs is 1. The minimum absolute atomic E-state index is 0.0530. The predicted octanol–water partition coefficient (Wildman–Crippen LogP) is 2.25. The Bertz CT molecular complexity index is 800. The molecule has 25 heavy (non-hydrogen) atoms. The third-order valence-electron chi connectivity index (χ3n) is 5.02. The van der Waals surface area contributed by atoms with Gasteiger partial charge in [-0.05, 0) is 33.3 Å². The van der Waals surface area contributed by atoms with Gasteiger partial charge in [-0.25, -0.2) is 4.98 Å². The zero-order chi connectivity index (χ0) is 18.0. The van der Waals surface area contributed by atoms with Gasteiger partial charge in [0.25, 0.3) is 5.56 Å². The molecule has 1 aliphatic rings. The van der Waals surface area contributed by atoms with E-state index in [0.717, 1.165) is 44.0 Å². The average Bonchev–Trinajstić information content (AvgIpc) is 2.60. The molecule has 0 bridgehead atoms. The summed E-state index contributed by atoms with van der Waals surface area (Å²) in [5.74, 6) is 0.890. The first kappa shape index (κ1) is 18.0. The summed E-state index contributed by atoms with van der Waals surface area (Å²) in [4.78, 5) is 24.8. The number of piperazine rings is 1. The molecule has 0 aliphatic carbocycles. The maximum atomic E-state index is 13.1. The SMILES string of the molecule is CCC[C@H](c1nc2cnc(C)cc2c(=O)n1CC)N1CCN[C@H](C)C1. The molecule has 0 spiro atoms. The molecule has 1 saturated heterocycles. The van der Waals surface area contributed by atoms with E-state index >= 15 is 0 Å². The van der Waals surface area contributed by atoms with Gasteiger partial charge >= 0.3 is 0 Å². The van der Waals surface area contributed by atoms with Crippen molar-refractivity contribution in [2.24, 2.45) is 0 Å². The van der Waals surface area contributed by atoms with Crippen LogP contribution in [-0.2, 0) is 6.54 Å². The smallest absolute Gasteiger partial charge is 0.261 e. The normalized spacial score (nSPS) is 20.1. The highest BCUT2D eigenvalue weighted by atomic mass is 16.1. The number of hydrogen-bond donors (Lipinski definition) is 1. The highest BCUT2D eigenvalue weighted by Crippen LogP contribution is 2.26. The van der Waals surface area contributed by atoms with Gasteiger partial charge in [0, 0.05) is 37.9 Å². The maximum absolute atomic E-state index is 13.1. The number of hydrogen-bond acceptors (Lipinski definition) is 5. The Balaban J connectivity index is 2.13. The van der Waals surface area contributed by atoms with Crippen LogP contribution >= 0.6 is 0 Å². The molecule has 2 atom stereocenters. The largest absolute Gasteiger partial charge is 0.312 e. The first-order valence-corrected chi connectivity index (χ1v) is 9.39. The van der Waals surface area contributed by atoms with Crippen LogP contribution in [0.2, 0.25) is 0 Å². The Morgan fingerprint density at radius 3 is 2.88 bits per heavy atom. The third kappa shape index (κ3) is 3.60. The van der Waals surface area contributed by atoms with E-state index in [9.17, 15) is 4.79 Å². The lowest BCUT2D eigenvalue weighted by molar-refractivity contribution is 0.132. The summed E-state index contributed by atoms with van der Waals surface area (Å²) in [5, 5.41) is 4.16. The molecule has 0 amide bonds. The number of aromatic nitrogens is 3. The van der Waals surface area contributed by atoms with Gasteiger partial charge in [0.15, 0.2) is 0 Å². The van der Waals surface area contributed by atoms with Crippen LogP contribution in [0.15, 0.2) is 17.1 Å². The van der Waals surface area contributed by atoms with Gasteiger partial charge in [0.05, 0.1) is 23.1 Å². The van der Waals surface area contributed by atoms with Crippen LogP contribution in [0.3, 0.4) is 0 Å². The van der Waals surface area contributed by atoms with Crippen molar-refractivity contribution in [1.29, 1.82) is 0 Å². The fourth-order valence-electron chi connectivity index (χ4n) is 3.80. The molecule has 2 aromatic rings. The van der Waals surface area contributed by atoms with Gasteiger partial charge < -0.3 is 5.32 Å². The van der Waals surface area contributed by atoms with E-state index in [1.165, 1.54) is 0 Å². The van der Waals surface area contributed by atoms with Crippen molar-refractivity contribution in [2.45, 2.75) is 59.2 Å². The van der Waals surface area contributed by atoms with Gasteiger partial charge in [-0.1, -0.05) is 13.3 Å². The van der Waals surface area contributed by atoms with Gasteiger partial charge in [-0.2, -0.15) is 0 Å². The summed E-state index contributed by atoms with van der Waals surface area (Å²) >= 11 is 0.